The first-order valence-corrected chi connectivity index (χ1v) is 9.24. The van der Waals surface area contributed by atoms with Gasteiger partial charge in [0.05, 0.1) is 31.5 Å². The Balaban J connectivity index is 2.04. The number of benzene rings is 3. The fourth-order valence-corrected chi connectivity index (χ4v) is 2.83. The zero-order chi connectivity index (χ0) is 23.3. The molecular weight excluding hydrogens is 427 g/mol. The van der Waals surface area contributed by atoms with Gasteiger partial charge in [-0.05, 0) is 41.1 Å². The van der Waals surface area contributed by atoms with E-state index in [1.54, 1.807) is 18.2 Å². The lowest BCUT2D eigenvalue weighted by atomic mass is 10.1. The van der Waals surface area contributed by atoms with Gasteiger partial charge < -0.3 is 19.5 Å². The van der Waals surface area contributed by atoms with Crippen LogP contribution in [0.15, 0.2) is 72.4 Å². The number of carbonyl (C=O) groups is 2. The van der Waals surface area contributed by atoms with Crippen molar-refractivity contribution in [1.82, 2.24) is 0 Å². The van der Waals surface area contributed by atoms with Crippen LogP contribution < -0.4 is 10.1 Å². The molecule has 0 saturated carbocycles. The Morgan fingerprint density at radius 2 is 1.62 bits per heavy atom. The minimum Gasteiger partial charge on any atom is -0.466 e. The Morgan fingerprint density at radius 3 is 2.28 bits per heavy atom. The van der Waals surface area contributed by atoms with Crippen molar-refractivity contribution in [2.75, 3.05) is 19.5 Å². The van der Waals surface area contributed by atoms with Crippen molar-refractivity contribution >= 4 is 28.4 Å². The maximum absolute atomic E-state index is 13.3. The highest BCUT2D eigenvalue weighted by molar-refractivity contribution is 5.99. The molecule has 0 spiro atoms. The highest BCUT2D eigenvalue weighted by Crippen LogP contribution is 2.38. The zero-order valence-corrected chi connectivity index (χ0v) is 17.0. The van der Waals surface area contributed by atoms with Gasteiger partial charge in [0, 0.05) is 0 Å². The second kappa shape index (κ2) is 9.42. The SMILES string of the molecule is COC(=O)/C=C(/Nc1cc(C(F)(F)F)ccc1Oc1ccc2ccccc2c1)C(=O)OC. The third kappa shape index (κ3) is 5.37. The summed E-state index contributed by atoms with van der Waals surface area (Å²) in [6.45, 7) is 0. The molecule has 32 heavy (non-hydrogen) atoms. The van der Waals surface area contributed by atoms with Crippen LogP contribution in [0.1, 0.15) is 5.56 Å². The molecule has 0 aliphatic heterocycles. The first-order chi connectivity index (χ1) is 15.2. The Labute approximate surface area is 181 Å². The number of methoxy groups -OCH3 is 2. The number of halogens is 3. The fraction of sp³-hybridized carbons (Fsp3) is 0.130. The zero-order valence-electron chi connectivity index (χ0n) is 17.0. The second-order valence-corrected chi connectivity index (χ2v) is 6.52. The average Bonchev–Trinajstić information content (AvgIpc) is 2.78. The second-order valence-electron chi connectivity index (χ2n) is 6.52. The summed E-state index contributed by atoms with van der Waals surface area (Å²) in [4.78, 5) is 23.6. The summed E-state index contributed by atoms with van der Waals surface area (Å²) in [5.74, 6) is -1.53. The summed E-state index contributed by atoms with van der Waals surface area (Å²) in [7, 11) is 2.15. The van der Waals surface area contributed by atoms with Crippen LogP contribution in [-0.4, -0.2) is 26.2 Å². The van der Waals surface area contributed by atoms with Crippen LogP contribution in [0.4, 0.5) is 18.9 Å². The molecule has 0 aromatic heterocycles. The quantitative estimate of drug-likeness (QED) is 0.410. The van der Waals surface area contributed by atoms with E-state index in [9.17, 15) is 22.8 Å². The van der Waals surface area contributed by atoms with E-state index in [2.05, 4.69) is 14.8 Å². The smallest absolute Gasteiger partial charge is 0.416 e. The molecule has 9 heteroatoms. The standard InChI is InChI=1S/C23H18F3NO5/c1-30-21(28)13-19(22(29)31-2)27-18-12-16(23(24,25)26)8-10-20(18)32-17-9-7-14-5-3-4-6-15(14)11-17/h3-13,27H,1-2H3/b19-13+. The largest absolute Gasteiger partial charge is 0.466 e. The number of rotatable bonds is 6. The van der Waals surface area contributed by atoms with Crippen molar-refractivity contribution in [3.05, 3.63) is 78.0 Å². The summed E-state index contributed by atoms with van der Waals surface area (Å²) in [6, 6.07) is 15.4. The predicted molar refractivity (Wildman–Crippen MR) is 111 cm³/mol. The van der Waals surface area contributed by atoms with Crippen LogP contribution >= 0.6 is 0 Å². The van der Waals surface area contributed by atoms with E-state index < -0.39 is 29.4 Å². The minimum atomic E-state index is -4.64. The maximum Gasteiger partial charge on any atom is 0.416 e. The molecule has 0 aliphatic carbocycles. The van der Waals surface area contributed by atoms with Gasteiger partial charge in [-0.2, -0.15) is 13.2 Å². The van der Waals surface area contributed by atoms with E-state index in [0.717, 1.165) is 49.3 Å². The van der Waals surface area contributed by atoms with Crippen molar-refractivity contribution in [3.63, 3.8) is 0 Å². The summed E-state index contributed by atoms with van der Waals surface area (Å²) >= 11 is 0. The molecular formula is C23H18F3NO5. The molecule has 0 unspecified atom stereocenters. The summed E-state index contributed by atoms with van der Waals surface area (Å²) in [6.07, 6.45) is -3.87. The number of nitrogens with one attached hydrogen (secondary N) is 1. The molecule has 0 fully saturated rings. The van der Waals surface area contributed by atoms with E-state index in [1.807, 2.05) is 24.3 Å². The van der Waals surface area contributed by atoms with Crippen LogP contribution in [0.3, 0.4) is 0 Å². The molecule has 0 atom stereocenters. The van der Waals surface area contributed by atoms with Crippen molar-refractivity contribution in [2.45, 2.75) is 6.18 Å². The van der Waals surface area contributed by atoms with Gasteiger partial charge in [-0.15, -0.1) is 0 Å². The highest BCUT2D eigenvalue weighted by atomic mass is 19.4. The Kier molecular flexibility index (Phi) is 6.67. The van der Waals surface area contributed by atoms with E-state index in [1.165, 1.54) is 0 Å². The van der Waals surface area contributed by atoms with Crippen LogP contribution in [0.2, 0.25) is 0 Å². The van der Waals surface area contributed by atoms with Gasteiger partial charge >= 0.3 is 18.1 Å². The Bertz CT molecular complexity index is 1190. The molecule has 0 aliphatic rings. The molecule has 0 amide bonds. The molecule has 3 rings (SSSR count). The molecule has 166 valence electrons. The monoisotopic (exact) mass is 445 g/mol. The topological polar surface area (TPSA) is 73.9 Å². The number of hydrogen-bond acceptors (Lipinski definition) is 6. The van der Waals surface area contributed by atoms with Crippen molar-refractivity contribution < 1.29 is 37.0 Å². The molecule has 0 radical (unpaired) electrons. The van der Waals surface area contributed by atoms with E-state index in [-0.39, 0.29) is 11.4 Å². The van der Waals surface area contributed by atoms with Gasteiger partial charge in [0.15, 0.2) is 5.75 Å². The number of hydrogen-bond donors (Lipinski definition) is 1. The van der Waals surface area contributed by atoms with E-state index >= 15 is 0 Å². The molecule has 0 saturated heterocycles. The van der Waals surface area contributed by atoms with Crippen LogP contribution in [-0.2, 0) is 25.2 Å². The number of carbonyl (C=O) groups excluding carboxylic acids is 2. The summed E-state index contributed by atoms with van der Waals surface area (Å²) in [5.41, 5.74) is -1.61. The lowest BCUT2D eigenvalue weighted by Crippen LogP contribution is -2.16. The number of alkyl halides is 3. The van der Waals surface area contributed by atoms with E-state index in [4.69, 9.17) is 4.74 Å². The van der Waals surface area contributed by atoms with Gasteiger partial charge in [-0.3, -0.25) is 0 Å². The van der Waals surface area contributed by atoms with Gasteiger partial charge in [-0.1, -0.05) is 30.3 Å². The maximum atomic E-state index is 13.3. The van der Waals surface area contributed by atoms with E-state index in [0.29, 0.717) is 5.75 Å². The normalized spacial score (nSPS) is 11.7. The fourth-order valence-electron chi connectivity index (χ4n) is 2.83. The van der Waals surface area contributed by atoms with Gasteiger partial charge in [0.2, 0.25) is 0 Å². The first kappa shape index (κ1) is 22.7. The van der Waals surface area contributed by atoms with Gasteiger partial charge in [0.1, 0.15) is 11.4 Å². The molecule has 3 aromatic carbocycles. The van der Waals surface area contributed by atoms with Crippen molar-refractivity contribution in [3.8, 4) is 11.5 Å². The number of ether oxygens (including phenoxy) is 3. The third-order valence-electron chi connectivity index (χ3n) is 4.39. The van der Waals surface area contributed by atoms with Crippen LogP contribution in [0, 0.1) is 0 Å². The average molecular weight is 445 g/mol. The van der Waals surface area contributed by atoms with Crippen LogP contribution in [0.5, 0.6) is 11.5 Å². The number of fused-ring (bicyclic) bond motifs is 1. The number of anilines is 1. The third-order valence-corrected chi connectivity index (χ3v) is 4.39. The minimum absolute atomic E-state index is 0.00653. The van der Waals surface area contributed by atoms with Crippen LogP contribution in [0.25, 0.3) is 10.8 Å². The lowest BCUT2D eigenvalue weighted by molar-refractivity contribution is -0.138. The molecule has 0 bridgehead atoms. The predicted octanol–water partition coefficient (Wildman–Crippen LogP) is 5.29. The molecule has 1 N–H and O–H groups in total. The Hall–Kier alpha value is -4.01. The lowest BCUT2D eigenvalue weighted by Gasteiger charge is -2.17. The molecule has 6 nitrogen and oxygen atoms in total. The summed E-state index contributed by atoms with van der Waals surface area (Å²) < 4.78 is 54.7. The highest BCUT2D eigenvalue weighted by Gasteiger charge is 2.31. The summed E-state index contributed by atoms with van der Waals surface area (Å²) in [5, 5.41) is 4.32. The van der Waals surface area contributed by atoms with Crippen molar-refractivity contribution in [1.29, 1.82) is 0 Å². The Morgan fingerprint density at radius 1 is 0.906 bits per heavy atom. The van der Waals surface area contributed by atoms with Crippen molar-refractivity contribution in [2.24, 2.45) is 0 Å². The number of esters is 2. The molecule has 0 heterocycles. The van der Waals surface area contributed by atoms with Gasteiger partial charge in [0.25, 0.3) is 0 Å². The first-order valence-electron chi connectivity index (χ1n) is 9.24. The molecule has 3 aromatic rings. The van der Waals surface area contributed by atoms with Gasteiger partial charge in [-0.25, -0.2) is 9.59 Å².